The number of carbonyl (C=O) groups is 1. The minimum atomic E-state index is -4.56. The van der Waals surface area contributed by atoms with E-state index >= 15 is 0 Å². The highest BCUT2D eigenvalue weighted by Crippen LogP contribution is 2.30. The zero-order valence-corrected chi connectivity index (χ0v) is 16.1. The maximum absolute atomic E-state index is 12.3. The molecule has 0 saturated heterocycles. The lowest BCUT2D eigenvalue weighted by Crippen LogP contribution is -2.41. The van der Waals surface area contributed by atoms with Crippen molar-refractivity contribution in [3.8, 4) is 5.75 Å². The number of alkyl halides is 3. The molecule has 1 aromatic heterocycles. The minimum absolute atomic E-state index is 0.0269. The smallest absolute Gasteiger partial charge is 0.422 e. The molecule has 0 aliphatic carbocycles. The van der Waals surface area contributed by atoms with E-state index in [1.807, 2.05) is 0 Å². The Morgan fingerprint density at radius 2 is 2.04 bits per heavy atom. The monoisotopic (exact) mass is 442 g/mol. The second-order valence-electron chi connectivity index (χ2n) is 5.31. The van der Waals surface area contributed by atoms with Gasteiger partial charge >= 0.3 is 6.18 Å². The summed E-state index contributed by atoms with van der Waals surface area (Å²) in [7, 11) is -3.90. The van der Waals surface area contributed by atoms with Crippen molar-refractivity contribution < 1.29 is 31.1 Å². The maximum Gasteiger partial charge on any atom is 0.422 e. The van der Waals surface area contributed by atoms with E-state index in [-0.39, 0.29) is 20.7 Å². The van der Waals surface area contributed by atoms with Gasteiger partial charge in [0.1, 0.15) is 9.96 Å². The number of hydrogen-bond donors (Lipinski definition) is 2. The predicted molar refractivity (Wildman–Crippen MR) is 95.7 cm³/mol. The van der Waals surface area contributed by atoms with E-state index in [1.165, 1.54) is 31.2 Å². The van der Waals surface area contributed by atoms with Crippen molar-refractivity contribution >= 4 is 44.6 Å². The van der Waals surface area contributed by atoms with Gasteiger partial charge in [0, 0.05) is 5.02 Å². The van der Waals surface area contributed by atoms with Gasteiger partial charge in [-0.3, -0.25) is 4.79 Å². The lowest BCUT2D eigenvalue weighted by atomic mass is 10.2. The van der Waals surface area contributed by atoms with Crippen LogP contribution in [-0.4, -0.2) is 33.1 Å². The summed E-state index contributed by atoms with van der Waals surface area (Å²) in [5.41, 5.74) is -0.112. The summed E-state index contributed by atoms with van der Waals surface area (Å²) in [5.74, 6) is -1.05. The first-order valence-corrected chi connectivity index (χ1v) is 10.1. The van der Waals surface area contributed by atoms with Crippen molar-refractivity contribution in [3.05, 3.63) is 40.7 Å². The zero-order valence-electron chi connectivity index (χ0n) is 13.7. The summed E-state index contributed by atoms with van der Waals surface area (Å²) in [6.07, 6.45) is -4.56. The molecule has 1 aromatic carbocycles. The average Bonchev–Trinajstić information content (AvgIpc) is 3.08. The number of amides is 1. The van der Waals surface area contributed by atoms with Crippen LogP contribution in [-0.2, 0) is 14.8 Å². The molecule has 0 bridgehead atoms. The number of ether oxygens (including phenoxy) is 1. The third-order valence-corrected chi connectivity index (χ3v) is 6.25. The Balaban J connectivity index is 2.11. The van der Waals surface area contributed by atoms with E-state index in [0.29, 0.717) is 0 Å². The molecule has 0 aliphatic heterocycles. The standard InChI is InChI=1S/C15H14ClF3N2O4S2/c1-9(21-27(23,24)13-3-2-6-26-13)14(22)20-11-7-10(16)4-5-12(11)25-8-15(17,18)19/h2-7,9,21H,8H2,1H3,(H,20,22). The van der Waals surface area contributed by atoms with Gasteiger partial charge in [-0.15, -0.1) is 11.3 Å². The highest BCUT2D eigenvalue weighted by molar-refractivity contribution is 7.91. The number of thiophene rings is 1. The molecule has 0 spiro atoms. The molecule has 148 valence electrons. The number of hydrogen-bond acceptors (Lipinski definition) is 5. The average molecular weight is 443 g/mol. The molecule has 1 heterocycles. The highest BCUT2D eigenvalue weighted by atomic mass is 35.5. The largest absolute Gasteiger partial charge is 0.482 e. The topological polar surface area (TPSA) is 84.5 Å². The van der Waals surface area contributed by atoms with Crippen LogP contribution in [0.3, 0.4) is 0 Å². The second-order valence-corrected chi connectivity index (χ2v) is 8.63. The summed E-state index contributed by atoms with van der Waals surface area (Å²) < 4.78 is 68.2. The van der Waals surface area contributed by atoms with Crippen LogP contribution < -0.4 is 14.8 Å². The van der Waals surface area contributed by atoms with Crippen molar-refractivity contribution in [2.24, 2.45) is 0 Å². The third-order valence-electron chi connectivity index (χ3n) is 3.08. The fourth-order valence-corrected chi connectivity index (χ4v) is 4.27. The minimum Gasteiger partial charge on any atom is -0.482 e. The summed E-state index contributed by atoms with van der Waals surface area (Å²) in [6, 6.07) is 5.38. The fourth-order valence-electron chi connectivity index (χ4n) is 1.89. The lowest BCUT2D eigenvalue weighted by molar-refractivity contribution is -0.153. The van der Waals surface area contributed by atoms with Crippen molar-refractivity contribution in [3.63, 3.8) is 0 Å². The summed E-state index contributed by atoms with van der Waals surface area (Å²) in [5, 5.41) is 4.03. The van der Waals surface area contributed by atoms with Crippen LogP contribution in [0.4, 0.5) is 18.9 Å². The Morgan fingerprint density at radius 3 is 2.63 bits per heavy atom. The molecule has 0 fully saturated rings. The van der Waals surface area contributed by atoms with Crippen molar-refractivity contribution in [2.45, 2.75) is 23.4 Å². The van der Waals surface area contributed by atoms with Gasteiger partial charge in [-0.05, 0) is 36.6 Å². The van der Waals surface area contributed by atoms with E-state index in [4.69, 9.17) is 11.6 Å². The van der Waals surface area contributed by atoms with Crippen LogP contribution in [0.15, 0.2) is 39.9 Å². The summed E-state index contributed by atoms with van der Waals surface area (Å²) in [6.45, 7) is -0.265. The molecule has 2 N–H and O–H groups in total. The zero-order chi connectivity index (χ0) is 20.2. The highest BCUT2D eigenvalue weighted by Gasteiger charge is 2.29. The Kier molecular flexibility index (Phi) is 6.73. The SMILES string of the molecule is CC(NS(=O)(=O)c1cccs1)C(=O)Nc1cc(Cl)ccc1OCC(F)(F)F. The molecular formula is C15H14ClF3N2O4S2. The molecule has 27 heavy (non-hydrogen) atoms. The van der Waals surface area contributed by atoms with Gasteiger partial charge in [0.2, 0.25) is 5.91 Å². The van der Waals surface area contributed by atoms with Gasteiger partial charge in [-0.2, -0.15) is 17.9 Å². The van der Waals surface area contributed by atoms with Gasteiger partial charge in [-0.25, -0.2) is 8.42 Å². The Bertz CT molecular complexity index is 902. The van der Waals surface area contributed by atoms with Crippen LogP contribution in [0.5, 0.6) is 5.75 Å². The van der Waals surface area contributed by atoms with E-state index in [9.17, 15) is 26.4 Å². The van der Waals surface area contributed by atoms with Crippen LogP contribution in [0, 0.1) is 0 Å². The van der Waals surface area contributed by atoms with E-state index < -0.39 is 34.8 Å². The summed E-state index contributed by atoms with van der Waals surface area (Å²) in [4.78, 5) is 12.3. The molecule has 1 atom stereocenters. The Morgan fingerprint density at radius 1 is 1.33 bits per heavy atom. The lowest BCUT2D eigenvalue weighted by Gasteiger charge is -2.17. The third kappa shape index (κ3) is 6.38. The molecule has 12 heteroatoms. The van der Waals surface area contributed by atoms with Gasteiger partial charge in [-0.1, -0.05) is 17.7 Å². The van der Waals surface area contributed by atoms with Gasteiger partial charge in [0.25, 0.3) is 10.0 Å². The first-order chi connectivity index (χ1) is 12.5. The first-order valence-electron chi connectivity index (χ1n) is 7.34. The van der Waals surface area contributed by atoms with Crippen LogP contribution >= 0.6 is 22.9 Å². The van der Waals surface area contributed by atoms with Crippen molar-refractivity contribution in [1.29, 1.82) is 0 Å². The van der Waals surface area contributed by atoms with Crippen LogP contribution in [0.1, 0.15) is 6.92 Å². The number of halogens is 4. The molecule has 0 saturated carbocycles. The van der Waals surface area contributed by atoms with Crippen molar-refractivity contribution in [1.82, 2.24) is 4.72 Å². The Labute approximate surface area is 162 Å². The normalized spacial score (nSPS) is 13.2. The molecule has 2 rings (SSSR count). The van der Waals surface area contributed by atoms with Crippen molar-refractivity contribution in [2.75, 3.05) is 11.9 Å². The van der Waals surface area contributed by atoms with Crippen LogP contribution in [0.25, 0.3) is 0 Å². The van der Waals surface area contributed by atoms with Crippen LogP contribution in [0.2, 0.25) is 5.02 Å². The number of rotatable bonds is 7. The number of anilines is 1. The Hall–Kier alpha value is -1.82. The van der Waals surface area contributed by atoms with E-state index in [2.05, 4.69) is 14.8 Å². The maximum atomic E-state index is 12.3. The second kappa shape index (κ2) is 8.46. The molecule has 0 aliphatic rings. The molecule has 6 nitrogen and oxygen atoms in total. The van der Waals surface area contributed by atoms with E-state index in [1.54, 1.807) is 11.4 Å². The first kappa shape index (κ1) is 21.5. The quantitative estimate of drug-likeness (QED) is 0.685. The van der Waals surface area contributed by atoms with Gasteiger partial charge in [0.15, 0.2) is 6.61 Å². The van der Waals surface area contributed by atoms with Gasteiger partial charge in [0.05, 0.1) is 11.7 Å². The number of sulfonamides is 1. The molecule has 2 aromatic rings. The number of carbonyl (C=O) groups excluding carboxylic acids is 1. The predicted octanol–water partition coefficient (Wildman–Crippen LogP) is 3.65. The number of benzene rings is 1. The molecule has 1 unspecified atom stereocenters. The fraction of sp³-hybridized carbons (Fsp3) is 0.267. The number of nitrogens with one attached hydrogen (secondary N) is 2. The van der Waals surface area contributed by atoms with Gasteiger partial charge < -0.3 is 10.1 Å². The molecule has 0 radical (unpaired) electrons. The van der Waals surface area contributed by atoms with E-state index in [0.717, 1.165) is 11.3 Å². The summed E-state index contributed by atoms with van der Waals surface area (Å²) >= 11 is 6.78. The molecular weight excluding hydrogens is 429 g/mol. The molecule has 1 amide bonds.